The second-order valence-electron chi connectivity index (χ2n) is 7.89. The van der Waals surface area contributed by atoms with Crippen molar-refractivity contribution >= 4 is 10.1 Å². The summed E-state index contributed by atoms with van der Waals surface area (Å²) in [6.45, 7) is 3.49. The minimum absolute atomic E-state index is 0.319. The Balaban J connectivity index is 3.30. The van der Waals surface area contributed by atoms with Gasteiger partial charge in [0.05, 0.1) is 29.5 Å². The van der Waals surface area contributed by atoms with E-state index >= 15 is 0 Å². The molecule has 0 radical (unpaired) electrons. The van der Waals surface area contributed by atoms with E-state index in [0.717, 1.165) is 17.9 Å². The molecule has 26 heavy (non-hydrogen) atoms. The normalized spacial score (nSPS) is 14.5. The van der Waals surface area contributed by atoms with Gasteiger partial charge in [-0.15, -0.1) is 0 Å². The number of aliphatic hydroxyl groups is 1. The number of rotatable bonds is 19. The van der Waals surface area contributed by atoms with Gasteiger partial charge in [0.1, 0.15) is 12.6 Å². The van der Waals surface area contributed by atoms with Gasteiger partial charge in [-0.3, -0.25) is 0 Å². The van der Waals surface area contributed by atoms with Crippen LogP contribution in [0.25, 0.3) is 0 Å². The molecule has 0 aromatic rings. The first-order valence-corrected chi connectivity index (χ1v) is 12.4. The number of hydrogen-bond donors (Lipinski definition) is 2. The quantitative estimate of drug-likeness (QED) is 0.261. The van der Waals surface area contributed by atoms with Gasteiger partial charge < -0.3 is 14.6 Å². The van der Waals surface area contributed by atoms with E-state index < -0.39 is 22.0 Å². The van der Waals surface area contributed by atoms with Crippen LogP contribution in [0.4, 0.5) is 0 Å². The molecule has 0 rings (SSSR count). The second-order valence-corrected chi connectivity index (χ2v) is 9.33. The maximum Gasteiger partial charge on any atom is 0.116 e. The van der Waals surface area contributed by atoms with Crippen LogP contribution in [0.15, 0.2) is 0 Å². The summed E-state index contributed by atoms with van der Waals surface area (Å²) in [7, 11) is -2.40. The molecule has 158 valence electrons. The Labute approximate surface area is 162 Å². The molecule has 0 aromatic carbocycles. The highest BCUT2D eigenvalue weighted by Gasteiger charge is 2.13. The lowest BCUT2D eigenvalue weighted by Gasteiger charge is -2.19. The average Bonchev–Trinajstić information content (AvgIpc) is 2.53. The molecule has 6 heteroatoms. The van der Waals surface area contributed by atoms with Crippen molar-refractivity contribution in [1.82, 2.24) is 0 Å². The summed E-state index contributed by atoms with van der Waals surface area (Å²) in [6, 6.07) is 0. The van der Waals surface area contributed by atoms with Crippen molar-refractivity contribution in [2.45, 2.75) is 103 Å². The maximum absolute atomic E-state index is 10.6. The fourth-order valence-electron chi connectivity index (χ4n) is 3.42. The number of unbranched alkanes of at least 4 members (excludes halogenated alkanes) is 13. The van der Waals surface area contributed by atoms with Gasteiger partial charge in [0.2, 0.25) is 0 Å². The van der Waals surface area contributed by atoms with E-state index in [-0.39, 0.29) is 0 Å². The van der Waals surface area contributed by atoms with Crippen LogP contribution in [0.5, 0.6) is 0 Å². The summed E-state index contributed by atoms with van der Waals surface area (Å²) in [4.78, 5) is 1.08. The lowest BCUT2D eigenvalue weighted by molar-refractivity contribution is -0.882. The van der Waals surface area contributed by atoms with E-state index in [9.17, 15) is 18.1 Å². The monoisotopic (exact) mass is 393 g/mol. The number of hydrogen-bond acceptors (Lipinski definition) is 4. The van der Waals surface area contributed by atoms with E-state index in [1.165, 1.54) is 83.5 Å². The predicted octanol–water partition coefficient (Wildman–Crippen LogP) is 2.89. The van der Waals surface area contributed by atoms with Crippen LogP contribution in [0.2, 0.25) is 0 Å². The van der Waals surface area contributed by atoms with Crippen molar-refractivity contribution in [2.24, 2.45) is 0 Å². The minimum atomic E-state index is -4.33. The number of nitrogens with one attached hydrogen (secondary N) is 1. The molecule has 2 atom stereocenters. The van der Waals surface area contributed by atoms with Gasteiger partial charge in [-0.25, -0.2) is 8.42 Å². The van der Waals surface area contributed by atoms with E-state index in [1.54, 1.807) is 0 Å². The fourth-order valence-corrected chi connectivity index (χ4v) is 4.01. The van der Waals surface area contributed by atoms with Gasteiger partial charge >= 0.3 is 0 Å². The molecule has 0 heterocycles. The lowest BCUT2D eigenvalue weighted by atomic mass is 10.0. The first-order valence-electron chi connectivity index (χ1n) is 10.8. The summed E-state index contributed by atoms with van der Waals surface area (Å²) in [6.07, 6.45) is 17.6. The summed E-state index contributed by atoms with van der Waals surface area (Å²) >= 11 is 0. The van der Waals surface area contributed by atoms with Gasteiger partial charge in [0, 0.05) is 0 Å². The molecule has 0 aliphatic heterocycles. The highest BCUT2D eigenvalue weighted by Crippen LogP contribution is 2.12. The molecule has 0 amide bonds. The second kappa shape index (κ2) is 17.0. The van der Waals surface area contributed by atoms with E-state index in [1.807, 2.05) is 7.05 Å². The van der Waals surface area contributed by atoms with E-state index in [4.69, 9.17) is 0 Å². The van der Waals surface area contributed by atoms with Crippen LogP contribution < -0.4 is 4.90 Å². The van der Waals surface area contributed by atoms with Crippen LogP contribution in [-0.4, -0.2) is 50.1 Å². The molecule has 2 N–H and O–H groups in total. The first kappa shape index (κ1) is 25.8. The van der Waals surface area contributed by atoms with Gasteiger partial charge in [-0.05, 0) is 12.8 Å². The molecule has 0 aliphatic carbocycles. The van der Waals surface area contributed by atoms with Crippen molar-refractivity contribution in [3.63, 3.8) is 0 Å². The molecule has 5 nitrogen and oxygen atoms in total. The molecule has 0 spiro atoms. The van der Waals surface area contributed by atoms with Crippen molar-refractivity contribution in [3.05, 3.63) is 0 Å². The standard InChI is InChI=1S/C20H43NO4S/c1-3-4-5-6-7-8-9-10-11-12-13-14-15-16-17-21(2)18-20(22)19-26(23,24)25/h20,22H,3-19H2,1-2H3,(H,23,24,25). The third kappa shape index (κ3) is 20.1. The molecule has 2 unspecified atom stereocenters. The van der Waals surface area contributed by atoms with Crippen molar-refractivity contribution in [1.29, 1.82) is 0 Å². The maximum atomic E-state index is 10.6. The summed E-state index contributed by atoms with van der Waals surface area (Å²) < 4.78 is 31.8. The average molecular weight is 394 g/mol. The Morgan fingerprint density at radius 2 is 1.19 bits per heavy atom. The molecule has 0 saturated heterocycles. The van der Waals surface area contributed by atoms with E-state index in [0.29, 0.717) is 6.54 Å². The fraction of sp³-hybridized carbons (Fsp3) is 1.00. The molecule has 0 saturated carbocycles. The van der Waals surface area contributed by atoms with Crippen molar-refractivity contribution in [3.8, 4) is 0 Å². The zero-order valence-corrected chi connectivity index (χ0v) is 18.0. The van der Waals surface area contributed by atoms with Gasteiger partial charge in [-0.2, -0.15) is 0 Å². The van der Waals surface area contributed by atoms with Gasteiger partial charge in [-0.1, -0.05) is 84.0 Å². The van der Waals surface area contributed by atoms with Crippen LogP contribution in [0.3, 0.4) is 0 Å². The highest BCUT2D eigenvalue weighted by atomic mass is 32.2. The lowest BCUT2D eigenvalue weighted by Crippen LogP contribution is -3.10. The number of quaternary nitrogens is 1. The number of likely N-dealkylation sites (N-methyl/N-ethyl adjacent to an activating group) is 1. The third-order valence-corrected chi connectivity index (χ3v) is 5.73. The molecule has 0 aliphatic rings. The molecule has 0 aromatic heterocycles. The Hall–Kier alpha value is -0.170. The van der Waals surface area contributed by atoms with Crippen LogP contribution in [-0.2, 0) is 10.1 Å². The van der Waals surface area contributed by atoms with Crippen molar-refractivity contribution < 1.29 is 23.0 Å². The Kier molecular flexibility index (Phi) is 16.9. The van der Waals surface area contributed by atoms with E-state index in [2.05, 4.69) is 6.92 Å². The highest BCUT2D eigenvalue weighted by molar-refractivity contribution is 7.85. The topological polar surface area (TPSA) is 81.9 Å². The van der Waals surface area contributed by atoms with Crippen molar-refractivity contribution in [2.75, 3.05) is 25.9 Å². The Morgan fingerprint density at radius 1 is 0.808 bits per heavy atom. The predicted molar refractivity (Wildman–Crippen MR) is 108 cm³/mol. The summed E-state index contributed by atoms with van der Waals surface area (Å²) in [5.74, 6) is -0.678. The minimum Gasteiger partial charge on any atom is -0.748 e. The zero-order chi connectivity index (χ0) is 19.7. The Morgan fingerprint density at radius 3 is 1.58 bits per heavy atom. The van der Waals surface area contributed by atoms with Crippen LogP contribution in [0.1, 0.15) is 96.8 Å². The smallest absolute Gasteiger partial charge is 0.116 e. The molecule has 0 bridgehead atoms. The van der Waals surface area contributed by atoms with Gasteiger partial charge in [0.25, 0.3) is 0 Å². The zero-order valence-electron chi connectivity index (χ0n) is 17.2. The van der Waals surface area contributed by atoms with Gasteiger partial charge in [0.15, 0.2) is 0 Å². The SMILES string of the molecule is CCCCCCCCCCCCCCCC[NH+](C)CC(O)CS(=O)(=O)[O-]. The molecule has 0 fully saturated rings. The van der Waals surface area contributed by atoms with Crippen LogP contribution >= 0.6 is 0 Å². The molecular formula is C20H43NO4S. The Bertz CT molecular complexity index is 401. The largest absolute Gasteiger partial charge is 0.748 e. The number of aliphatic hydroxyl groups excluding tert-OH is 1. The third-order valence-electron chi connectivity index (χ3n) is 4.94. The van der Waals surface area contributed by atoms with Crippen LogP contribution in [0, 0.1) is 0 Å². The first-order chi connectivity index (χ1) is 12.3. The molecular weight excluding hydrogens is 350 g/mol. The summed E-state index contributed by atoms with van der Waals surface area (Å²) in [5, 5.41) is 9.57. The summed E-state index contributed by atoms with van der Waals surface area (Å²) in [5.41, 5.74) is 0.